The monoisotopic (exact) mass is 442 g/mol. The Hall–Kier alpha value is -2.15. The molecule has 31 heavy (non-hydrogen) atoms. The van der Waals surface area contributed by atoms with E-state index in [9.17, 15) is 9.90 Å². The van der Waals surface area contributed by atoms with E-state index >= 15 is 0 Å². The van der Waals surface area contributed by atoms with Crippen LogP contribution in [-0.2, 0) is 17.6 Å². The second-order valence-electron chi connectivity index (χ2n) is 8.86. The number of nitrogens with one attached hydrogen (secondary N) is 2. The number of rotatable bonds is 13. The highest BCUT2D eigenvalue weighted by Gasteiger charge is 2.17. The first kappa shape index (κ1) is 23.5. The van der Waals surface area contributed by atoms with Crippen molar-refractivity contribution < 1.29 is 9.84 Å². The molecule has 0 unspecified atom stereocenters. The standard InChI is InChI=1S/C25H34N2O3S/c1-25(2,14-6-7-16-30-17-13-19-8-4-3-5-9-19)18-26-15-12-20-10-11-21(28)22-23(20)31-24(29)27-22/h3-5,8-11,26,28H,6-7,12-18H2,1-2H3,(H,27,29). The molecule has 0 aliphatic rings. The minimum absolute atomic E-state index is 0.129. The van der Waals surface area contributed by atoms with Gasteiger partial charge in [-0.1, -0.05) is 68.0 Å². The molecule has 0 aliphatic heterocycles. The first-order valence-corrected chi connectivity index (χ1v) is 11.9. The fraction of sp³-hybridized carbons (Fsp3) is 0.480. The smallest absolute Gasteiger partial charge is 0.305 e. The van der Waals surface area contributed by atoms with Gasteiger partial charge in [0.1, 0.15) is 11.3 Å². The number of hydrogen-bond acceptors (Lipinski definition) is 5. The van der Waals surface area contributed by atoms with Crippen LogP contribution in [0.25, 0.3) is 10.2 Å². The Kier molecular flexibility index (Phi) is 8.69. The van der Waals surface area contributed by atoms with Gasteiger partial charge in [0, 0.05) is 13.2 Å². The van der Waals surface area contributed by atoms with Crippen molar-refractivity contribution in [2.24, 2.45) is 5.41 Å². The summed E-state index contributed by atoms with van der Waals surface area (Å²) in [6.45, 7) is 8.01. The molecule has 1 heterocycles. The fourth-order valence-corrected chi connectivity index (χ4v) is 4.65. The molecule has 0 saturated carbocycles. The van der Waals surface area contributed by atoms with Crippen LogP contribution >= 0.6 is 11.3 Å². The second-order valence-corrected chi connectivity index (χ2v) is 9.84. The lowest BCUT2D eigenvalue weighted by atomic mass is 9.87. The van der Waals surface area contributed by atoms with Gasteiger partial charge in [0.2, 0.25) is 0 Å². The Morgan fingerprint density at radius 2 is 1.87 bits per heavy atom. The molecule has 0 saturated heterocycles. The van der Waals surface area contributed by atoms with Crippen molar-refractivity contribution in [1.29, 1.82) is 0 Å². The molecule has 3 rings (SSSR count). The van der Waals surface area contributed by atoms with Gasteiger partial charge in [0.15, 0.2) is 0 Å². The summed E-state index contributed by atoms with van der Waals surface area (Å²) >= 11 is 1.16. The van der Waals surface area contributed by atoms with E-state index in [2.05, 4.69) is 48.4 Å². The molecule has 1 aromatic heterocycles. The number of aromatic nitrogens is 1. The number of thiazole rings is 1. The maximum Gasteiger partial charge on any atom is 0.305 e. The van der Waals surface area contributed by atoms with Crippen LogP contribution in [0.3, 0.4) is 0 Å². The number of benzene rings is 2. The van der Waals surface area contributed by atoms with Gasteiger partial charge in [-0.15, -0.1) is 0 Å². The van der Waals surface area contributed by atoms with E-state index in [0.717, 1.165) is 80.0 Å². The normalized spacial score (nSPS) is 11.9. The van der Waals surface area contributed by atoms with Gasteiger partial charge < -0.3 is 20.1 Å². The summed E-state index contributed by atoms with van der Waals surface area (Å²) < 4.78 is 6.65. The number of unbranched alkanes of at least 4 members (excludes halogenated alkanes) is 1. The van der Waals surface area contributed by atoms with Crippen molar-refractivity contribution in [2.45, 2.75) is 46.0 Å². The van der Waals surface area contributed by atoms with Gasteiger partial charge in [0.25, 0.3) is 0 Å². The van der Waals surface area contributed by atoms with E-state index < -0.39 is 0 Å². The lowest BCUT2D eigenvalue weighted by molar-refractivity contribution is 0.129. The summed E-state index contributed by atoms with van der Waals surface area (Å²) in [4.78, 5) is 14.2. The Labute approximate surface area is 188 Å². The molecule has 0 radical (unpaired) electrons. The van der Waals surface area contributed by atoms with Gasteiger partial charge in [-0.3, -0.25) is 4.79 Å². The molecule has 0 amide bonds. The SMILES string of the molecule is CC(C)(CCCCOCCc1ccccc1)CNCCc1ccc(O)c2[nH]c(=O)sc12. The number of hydrogen-bond donors (Lipinski definition) is 3. The van der Waals surface area contributed by atoms with Crippen LogP contribution in [0, 0.1) is 5.41 Å². The maximum atomic E-state index is 11.6. The number of aromatic amines is 1. The van der Waals surface area contributed by atoms with E-state index in [1.165, 1.54) is 5.56 Å². The van der Waals surface area contributed by atoms with Crippen LogP contribution < -0.4 is 10.2 Å². The Morgan fingerprint density at radius 3 is 2.68 bits per heavy atom. The molecular weight excluding hydrogens is 408 g/mol. The van der Waals surface area contributed by atoms with Crippen molar-refractivity contribution in [1.82, 2.24) is 10.3 Å². The molecule has 3 aromatic rings. The number of aromatic hydroxyl groups is 1. The van der Waals surface area contributed by atoms with Crippen LogP contribution in [0.1, 0.15) is 44.2 Å². The summed E-state index contributed by atoms with van der Waals surface area (Å²) in [5, 5.41) is 13.5. The zero-order valence-corrected chi connectivity index (χ0v) is 19.4. The molecule has 6 heteroatoms. The van der Waals surface area contributed by atoms with Gasteiger partial charge in [0.05, 0.1) is 11.3 Å². The van der Waals surface area contributed by atoms with E-state index in [1.807, 2.05) is 12.1 Å². The molecular formula is C25H34N2O3S. The van der Waals surface area contributed by atoms with Crippen molar-refractivity contribution >= 4 is 21.6 Å². The highest BCUT2D eigenvalue weighted by molar-refractivity contribution is 7.16. The summed E-state index contributed by atoms with van der Waals surface area (Å²) in [7, 11) is 0. The lowest BCUT2D eigenvalue weighted by Gasteiger charge is -2.25. The Morgan fingerprint density at radius 1 is 1.06 bits per heavy atom. The van der Waals surface area contributed by atoms with Crippen molar-refractivity contribution in [3.8, 4) is 5.75 Å². The second kappa shape index (κ2) is 11.5. The third kappa shape index (κ3) is 7.49. The number of H-pyrrole nitrogens is 1. The van der Waals surface area contributed by atoms with Gasteiger partial charge >= 0.3 is 4.87 Å². The van der Waals surface area contributed by atoms with E-state index in [1.54, 1.807) is 6.07 Å². The van der Waals surface area contributed by atoms with Crippen LogP contribution in [0.4, 0.5) is 0 Å². The van der Waals surface area contributed by atoms with Crippen molar-refractivity contribution in [2.75, 3.05) is 26.3 Å². The first-order chi connectivity index (χ1) is 14.9. The third-order valence-corrected chi connectivity index (χ3v) is 6.54. The summed E-state index contributed by atoms with van der Waals surface area (Å²) in [5.41, 5.74) is 3.20. The van der Waals surface area contributed by atoms with E-state index in [4.69, 9.17) is 4.74 Å². The number of phenolic OH excluding ortho intramolecular Hbond substituents is 1. The molecule has 0 spiro atoms. The molecule has 168 valence electrons. The van der Waals surface area contributed by atoms with Gasteiger partial charge in [-0.2, -0.15) is 0 Å². The average molecular weight is 443 g/mol. The van der Waals surface area contributed by atoms with Crippen LogP contribution in [-0.4, -0.2) is 36.4 Å². The van der Waals surface area contributed by atoms with Gasteiger partial charge in [-0.05, 0) is 54.8 Å². The zero-order valence-electron chi connectivity index (χ0n) is 18.6. The quantitative estimate of drug-likeness (QED) is 0.330. The predicted molar refractivity (Wildman–Crippen MR) is 129 cm³/mol. The average Bonchev–Trinajstić information content (AvgIpc) is 3.15. The van der Waals surface area contributed by atoms with Crippen LogP contribution in [0.15, 0.2) is 47.3 Å². The van der Waals surface area contributed by atoms with Crippen LogP contribution in [0.5, 0.6) is 5.75 Å². The molecule has 0 aliphatic carbocycles. The molecule has 0 bridgehead atoms. The van der Waals surface area contributed by atoms with Crippen molar-refractivity contribution in [3.63, 3.8) is 0 Å². The molecule has 0 fully saturated rings. The van der Waals surface area contributed by atoms with Crippen molar-refractivity contribution in [3.05, 3.63) is 63.3 Å². The summed E-state index contributed by atoms with van der Waals surface area (Å²) in [6.07, 6.45) is 5.22. The highest BCUT2D eigenvalue weighted by atomic mass is 32.1. The largest absolute Gasteiger partial charge is 0.506 e. The Bertz CT molecular complexity index is 995. The third-order valence-electron chi connectivity index (χ3n) is 5.58. The molecule has 2 aromatic carbocycles. The fourth-order valence-electron chi connectivity index (χ4n) is 3.75. The number of ether oxygens (including phenoxy) is 1. The minimum atomic E-state index is -0.129. The number of phenols is 1. The Balaban J connectivity index is 1.29. The topological polar surface area (TPSA) is 74.3 Å². The molecule has 0 atom stereocenters. The highest BCUT2D eigenvalue weighted by Crippen LogP contribution is 2.28. The summed E-state index contributed by atoms with van der Waals surface area (Å²) in [6, 6.07) is 14.0. The van der Waals surface area contributed by atoms with E-state index in [0.29, 0.717) is 5.52 Å². The lowest BCUT2D eigenvalue weighted by Crippen LogP contribution is -2.30. The maximum absolute atomic E-state index is 11.6. The van der Waals surface area contributed by atoms with Gasteiger partial charge in [-0.25, -0.2) is 0 Å². The predicted octanol–water partition coefficient (Wildman–Crippen LogP) is 4.88. The molecule has 5 nitrogen and oxygen atoms in total. The van der Waals surface area contributed by atoms with E-state index in [-0.39, 0.29) is 16.0 Å². The number of fused-ring (bicyclic) bond motifs is 1. The first-order valence-electron chi connectivity index (χ1n) is 11.1. The summed E-state index contributed by atoms with van der Waals surface area (Å²) in [5.74, 6) is 0.134. The minimum Gasteiger partial charge on any atom is -0.506 e. The van der Waals surface area contributed by atoms with Crippen LogP contribution in [0.2, 0.25) is 0 Å². The zero-order chi connectivity index (χ0) is 22.1. The molecule has 3 N–H and O–H groups in total.